The van der Waals surface area contributed by atoms with E-state index in [1.165, 1.54) is 0 Å². The summed E-state index contributed by atoms with van der Waals surface area (Å²) in [4.78, 5) is 26.6. The lowest BCUT2D eigenvalue weighted by molar-refractivity contribution is -0.135. The molecule has 28 heavy (non-hydrogen) atoms. The van der Waals surface area contributed by atoms with Gasteiger partial charge in [-0.1, -0.05) is 20.8 Å². The minimum absolute atomic E-state index is 0.0338. The van der Waals surface area contributed by atoms with Crippen molar-refractivity contribution in [1.29, 1.82) is 5.26 Å². The summed E-state index contributed by atoms with van der Waals surface area (Å²) in [6.45, 7) is 6.17. The Kier molecular flexibility index (Phi) is 5.35. The molecule has 0 radical (unpaired) electrons. The summed E-state index contributed by atoms with van der Waals surface area (Å²) in [5, 5.41) is 22.0. The van der Waals surface area contributed by atoms with Gasteiger partial charge in [-0.15, -0.1) is 0 Å². The number of hydrogen-bond donors (Lipinski definition) is 2. The zero-order valence-corrected chi connectivity index (χ0v) is 16.6. The van der Waals surface area contributed by atoms with Crippen LogP contribution in [0.15, 0.2) is 24.3 Å². The van der Waals surface area contributed by atoms with E-state index in [2.05, 4.69) is 26.1 Å². The number of carbonyl (C=O) groups is 2. The van der Waals surface area contributed by atoms with Crippen molar-refractivity contribution in [2.45, 2.75) is 51.7 Å². The molecule has 3 amide bonds. The van der Waals surface area contributed by atoms with E-state index in [0.29, 0.717) is 30.1 Å². The van der Waals surface area contributed by atoms with Crippen molar-refractivity contribution in [3.8, 4) is 11.8 Å². The molecule has 2 N–H and O–H groups in total. The van der Waals surface area contributed by atoms with Gasteiger partial charge in [-0.05, 0) is 54.9 Å². The van der Waals surface area contributed by atoms with Crippen LogP contribution in [0.2, 0.25) is 0 Å². The van der Waals surface area contributed by atoms with Crippen molar-refractivity contribution in [3.63, 3.8) is 0 Å². The highest BCUT2D eigenvalue weighted by Crippen LogP contribution is 2.46. The van der Waals surface area contributed by atoms with Gasteiger partial charge < -0.3 is 15.2 Å². The molecular formula is C21H27N3O4. The molecule has 150 valence electrons. The lowest BCUT2D eigenvalue weighted by Gasteiger charge is -2.43. The number of ether oxygens (including phenoxy) is 1. The molecule has 1 aromatic rings. The van der Waals surface area contributed by atoms with Gasteiger partial charge in [-0.2, -0.15) is 5.26 Å². The Morgan fingerprint density at radius 1 is 1.32 bits per heavy atom. The number of aliphatic hydroxyl groups excluding tert-OH is 1. The topological polar surface area (TPSA) is 103 Å². The van der Waals surface area contributed by atoms with E-state index in [9.17, 15) is 14.7 Å². The quantitative estimate of drug-likeness (QED) is 0.758. The molecule has 1 spiro atoms. The van der Waals surface area contributed by atoms with E-state index < -0.39 is 17.7 Å². The number of rotatable bonds is 5. The first-order valence-corrected chi connectivity index (χ1v) is 9.59. The van der Waals surface area contributed by atoms with Gasteiger partial charge in [-0.3, -0.25) is 9.69 Å². The van der Waals surface area contributed by atoms with Crippen LogP contribution in [0.1, 0.15) is 45.6 Å². The maximum absolute atomic E-state index is 13.1. The van der Waals surface area contributed by atoms with Crippen LogP contribution in [0.25, 0.3) is 0 Å². The maximum atomic E-state index is 13.1. The summed E-state index contributed by atoms with van der Waals surface area (Å²) in [6, 6.07) is 8.09. The molecule has 1 saturated heterocycles. The van der Waals surface area contributed by atoms with Crippen LogP contribution in [0.4, 0.5) is 4.79 Å². The number of urea groups is 1. The second-order valence-electron chi connectivity index (χ2n) is 8.88. The Morgan fingerprint density at radius 3 is 2.61 bits per heavy atom. The number of imide groups is 1. The van der Waals surface area contributed by atoms with Gasteiger partial charge in [0.2, 0.25) is 0 Å². The zero-order chi connectivity index (χ0) is 20.5. The Bertz CT molecular complexity index is 799. The summed E-state index contributed by atoms with van der Waals surface area (Å²) in [5.41, 5.74) is -0.387. The molecule has 2 fully saturated rings. The SMILES string of the molecule is C[C@@H]1CC(C)(C)C[C@@]2(C1)NC(=O)N(C[C@H](O)COc1ccc(C#N)cc1)C2=O. The predicted molar refractivity (Wildman–Crippen MR) is 102 cm³/mol. The molecule has 1 aliphatic carbocycles. The van der Waals surface area contributed by atoms with E-state index in [0.717, 1.165) is 11.3 Å². The number of amides is 3. The second kappa shape index (κ2) is 7.44. The van der Waals surface area contributed by atoms with E-state index >= 15 is 0 Å². The number of nitrogens with one attached hydrogen (secondary N) is 1. The summed E-state index contributed by atoms with van der Waals surface area (Å²) >= 11 is 0. The van der Waals surface area contributed by atoms with Crippen molar-refractivity contribution < 1.29 is 19.4 Å². The number of hydrogen-bond acceptors (Lipinski definition) is 5. The fourth-order valence-electron chi connectivity index (χ4n) is 4.75. The molecule has 0 unspecified atom stereocenters. The minimum atomic E-state index is -1.01. The summed E-state index contributed by atoms with van der Waals surface area (Å²) < 4.78 is 5.51. The Balaban J connectivity index is 1.61. The molecule has 1 aliphatic heterocycles. The molecule has 0 aromatic heterocycles. The average molecular weight is 385 g/mol. The molecule has 1 saturated carbocycles. The van der Waals surface area contributed by atoms with E-state index in [1.807, 2.05) is 6.07 Å². The summed E-state index contributed by atoms with van der Waals surface area (Å²) in [7, 11) is 0. The number of aliphatic hydroxyl groups is 1. The number of β-amino-alcohol motifs (C(OH)–C–C–N with tert-alkyl or cyclic N) is 1. The lowest BCUT2D eigenvalue weighted by atomic mass is 9.64. The molecular weight excluding hydrogens is 358 g/mol. The lowest BCUT2D eigenvalue weighted by Crippen LogP contribution is -2.54. The van der Waals surface area contributed by atoms with Crippen molar-refractivity contribution in [1.82, 2.24) is 10.2 Å². The molecule has 2 aliphatic rings. The van der Waals surface area contributed by atoms with Crippen LogP contribution in [0.5, 0.6) is 5.75 Å². The van der Waals surface area contributed by atoms with Gasteiger partial charge in [0.25, 0.3) is 5.91 Å². The molecule has 7 nitrogen and oxygen atoms in total. The average Bonchev–Trinajstić information content (AvgIpc) is 2.82. The zero-order valence-electron chi connectivity index (χ0n) is 16.6. The van der Waals surface area contributed by atoms with Crippen molar-refractivity contribution in [2.24, 2.45) is 11.3 Å². The minimum Gasteiger partial charge on any atom is -0.491 e. The van der Waals surface area contributed by atoms with Crippen molar-refractivity contribution in [3.05, 3.63) is 29.8 Å². The van der Waals surface area contributed by atoms with E-state index in [-0.39, 0.29) is 24.5 Å². The van der Waals surface area contributed by atoms with Crippen LogP contribution in [-0.2, 0) is 4.79 Å². The molecule has 1 heterocycles. The van der Waals surface area contributed by atoms with Gasteiger partial charge in [0.15, 0.2) is 0 Å². The Labute approximate surface area is 165 Å². The fraction of sp³-hybridized carbons (Fsp3) is 0.571. The number of nitriles is 1. The first kappa shape index (κ1) is 20.2. The molecule has 3 atom stereocenters. The van der Waals surface area contributed by atoms with Crippen LogP contribution in [0, 0.1) is 22.7 Å². The highest BCUT2D eigenvalue weighted by Gasteiger charge is 2.56. The van der Waals surface area contributed by atoms with Gasteiger partial charge in [0.1, 0.15) is 24.0 Å². The predicted octanol–water partition coefficient (Wildman–Crippen LogP) is 2.43. The van der Waals surface area contributed by atoms with Crippen LogP contribution in [-0.4, -0.2) is 46.7 Å². The van der Waals surface area contributed by atoms with Gasteiger partial charge in [0.05, 0.1) is 18.2 Å². The maximum Gasteiger partial charge on any atom is 0.325 e. The van der Waals surface area contributed by atoms with Crippen LogP contribution in [0.3, 0.4) is 0 Å². The largest absolute Gasteiger partial charge is 0.491 e. The third kappa shape index (κ3) is 4.12. The number of nitrogens with zero attached hydrogens (tertiary/aromatic N) is 2. The van der Waals surface area contributed by atoms with E-state index in [4.69, 9.17) is 10.00 Å². The summed E-state index contributed by atoms with van der Waals surface area (Å²) in [5.74, 6) is 0.585. The third-order valence-corrected chi connectivity index (χ3v) is 5.44. The van der Waals surface area contributed by atoms with Gasteiger partial charge in [0, 0.05) is 0 Å². The first-order chi connectivity index (χ1) is 13.1. The van der Waals surface area contributed by atoms with Crippen molar-refractivity contribution >= 4 is 11.9 Å². The van der Waals surface area contributed by atoms with Gasteiger partial charge in [-0.25, -0.2) is 4.79 Å². The van der Waals surface area contributed by atoms with Crippen LogP contribution < -0.4 is 10.1 Å². The normalized spacial score (nSPS) is 27.4. The fourth-order valence-corrected chi connectivity index (χ4v) is 4.75. The Morgan fingerprint density at radius 2 is 2.00 bits per heavy atom. The second-order valence-corrected chi connectivity index (χ2v) is 8.88. The molecule has 7 heteroatoms. The van der Waals surface area contributed by atoms with Crippen LogP contribution >= 0.6 is 0 Å². The Hall–Kier alpha value is -2.59. The third-order valence-electron chi connectivity index (χ3n) is 5.44. The monoisotopic (exact) mass is 385 g/mol. The molecule has 1 aromatic carbocycles. The number of benzene rings is 1. The number of carbonyl (C=O) groups excluding carboxylic acids is 2. The standard InChI is InChI=1S/C21H27N3O4/c1-14-8-20(2,3)13-21(9-14)18(26)24(19(27)23-21)11-16(25)12-28-17-6-4-15(10-22)5-7-17/h4-7,14,16,25H,8-9,11-13H2,1-3H3,(H,23,27)/t14-,16+,21-/m1/s1. The molecule has 3 rings (SSSR count). The highest BCUT2D eigenvalue weighted by molar-refractivity contribution is 6.07. The smallest absolute Gasteiger partial charge is 0.325 e. The van der Waals surface area contributed by atoms with E-state index in [1.54, 1.807) is 24.3 Å². The first-order valence-electron chi connectivity index (χ1n) is 9.59. The van der Waals surface area contributed by atoms with Crippen molar-refractivity contribution in [2.75, 3.05) is 13.2 Å². The summed E-state index contributed by atoms with van der Waals surface area (Å²) in [6.07, 6.45) is 1.23. The van der Waals surface area contributed by atoms with Gasteiger partial charge >= 0.3 is 6.03 Å². The molecule has 0 bridgehead atoms. The highest BCUT2D eigenvalue weighted by atomic mass is 16.5.